The minimum atomic E-state index is 0.555. The van der Waals surface area contributed by atoms with Crippen LogP contribution in [0.15, 0.2) is 24.3 Å². The van der Waals surface area contributed by atoms with E-state index in [2.05, 4.69) is 49.7 Å². The van der Waals surface area contributed by atoms with Gasteiger partial charge in [-0.25, -0.2) is 4.98 Å². The smallest absolute Gasteiger partial charge is 0.150 e. The zero-order valence-electron chi connectivity index (χ0n) is 11.4. The molecule has 0 aliphatic rings. The van der Waals surface area contributed by atoms with Crippen LogP contribution < -0.4 is 5.73 Å². The molecule has 2 heterocycles. The molecule has 0 atom stereocenters. The Morgan fingerprint density at radius 2 is 2.05 bits per heavy atom. The lowest BCUT2D eigenvalue weighted by Crippen LogP contribution is -1.95. The van der Waals surface area contributed by atoms with Crippen molar-refractivity contribution in [2.24, 2.45) is 12.8 Å². The highest BCUT2D eigenvalue weighted by Gasteiger charge is 2.13. The Morgan fingerprint density at radius 3 is 2.68 bits per heavy atom. The second kappa shape index (κ2) is 4.47. The summed E-state index contributed by atoms with van der Waals surface area (Å²) in [5, 5.41) is 0. The zero-order valence-corrected chi connectivity index (χ0v) is 12.2. The molecule has 0 spiro atoms. The van der Waals surface area contributed by atoms with Gasteiger partial charge in [0.15, 0.2) is 5.82 Å². The fourth-order valence-electron chi connectivity index (χ4n) is 2.28. The largest absolute Gasteiger partial charge is 0.326 e. The number of rotatable bonds is 2. The summed E-state index contributed by atoms with van der Waals surface area (Å²) in [4.78, 5) is 7.34. The van der Waals surface area contributed by atoms with Crippen LogP contribution in [-0.2, 0) is 13.6 Å². The number of nitrogens with two attached hydrogens (primary N) is 1. The van der Waals surface area contributed by atoms with Crippen LogP contribution in [-0.4, -0.2) is 9.55 Å². The summed E-state index contributed by atoms with van der Waals surface area (Å²) in [6.07, 6.45) is 0. The number of hydrogen-bond acceptors (Lipinski definition) is 3. The number of thiophene rings is 1. The Balaban J connectivity index is 2.21. The molecule has 98 valence electrons. The average molecular weight is 271 g/mol. The van der Waals surface area contributed by atoms with Crippen LogP contribution in [0, 0.1) is 13.8 Å². The lowest BCUT2D eigenvalue weighted by atomic mass is 10.2. The first-order valence-electron chi connectivity index (χ1n) is 6.33. The molecule has 0 saturated carbocycles. The molecule has 0 unspecified atom stereocenters. The highest BCUT2D eigenvalue weighted by atomic mass is 32.1. The fourth-order valence-corrected chi connectivity index (χ4v) is 3.34. The van der Waals surface area contributed by atoms with Gasteiger partial charge in [-0.1, -0.05) is 6.07 Å². The summed E-state index contributed by atoms with van der Waals surface area (Å²) in [6, 6.07) is 8.46. The Hall–Kier alpha value is -1.65. The van der Waals surface area contributed by atoms with E-state index in [1.165, 1.54) is 15.3 Å². The van der Waals surface area contributed by atoms with E-state index in [9.17, 15) is 0 Å². The molecule has 2 N–H and O–H groups in total. The first-order valence-corrected chi connectivity index (χ1v) is 7.14. The van der Waals surface area contributed by atoms with Crippen molar-refractivity contribution < 1.29 is 0 Å². The number of aryl methyl sites for hydroxylation is 3. The van der Waals surface area contributed by atoms with Crippen molar-refractivity contribution in [3.63, 3.8) is 0 Å². The standard InChI is InChI=1S/C15H17N3S/c1-9-6-14(19-10(9)2)15-17-12-7-11(8-16)4-5-13(12)18(15)3/h4-7H,8,16H2,1-3H3. The summed E-state index contributed by atoms with van der Waals surface area (Å²) in [5.74, 6) is 1.03. The van der Waals surface area contributed by atoms with Crippen LogP contribution >= 0.6 is 11.3 Å². The molecule has 0 fully saturated rings. The Bertz CT molecular complexity index is 733. The second-order valence-electron chi connectivity index (χ2n) is 4.87. The molecule has 3 nitrogen and oxygen atoms in total. The molecule has 19 heavy (non-hydrogen) atoms. The number of imidazole rings is 1. The van der Waals surface area contributed by atoms with Gasteiger partial charge in [-0.15, -0.1) is 11.3 Å². The van der Waals surface area contributed by atoms with Crippen molar-refractivity contribution >= 4 is 22.4 Å². The lowest BCUT2D eigenvalue weighted by Gasteiger charge is -1.99. The molecule has 0 aliphatic heterocycles. The molecular formula is C15H17N3S. The Labute approximate surface area is 116 Å². The van der Waals surface area contributed by atoms with Gasteiger partial charge in [0.25, 0.3) is 0 Å². The van der Waals surface area contributed by atoms with Gasteiger partial charge in [-0.2, -0.15) is 0 Å². The van der Waals surface area contributed by atoms with Crippen molar-refractivity contribution in [3.8, 4) is 10.7 Å². The summed E-state index contributed by atoms with van der Waals surface area (Å²) in [6.45, 7) is 4.85. The number of aromatic nitrogens is 2. The predicted molar refractivity (Wildman–Crippen MR) is 81.4 cm³/mol. The summed E-state index contributed by atoms with van der Waals surface area (Å²) in [7, 11) is 2.07. The first kappa shape index (κ1) is 12.4. The van der Waals surface area contributed by atoms with Crippen molar-refractivity contribution in [3.05, 3.63) is 40.3 Å². The van der Waals surface area contributed by atoms with Crippen LogP contribution in [0.2, 0.25) is 0 Å². The quantitative estimate of drug-likeness (QED) is 0.776. The summed E-state index contributed by atoms with van der Waals surface area (Å²) < 4.78 is 2.15. The van der Waals surface area contributed by atoms with Crippen LogP contribution in [0.4, 0.5) is 0 Å². The van der Waals surface area contributed by atoms with E-state index in [1.807, 2.05) is 0 Å². The third-order valence-electron chi connectivity index (χ3n) is 3.57. The predicted octanol–water partition coefficient (Wildman–Crippen LogP) is 3.38. The molecule has 3 rings (SSSR count). The fraction of sp³-hybridized carbons (Fsp3) is 0.267. The lowest BCUT2D eigenvalue weighted by molar-refractivity contribution is 0.962. The Morgan fingerprint density at radius 1 is 1.26 bits per heavy atom. The van der Waals surface area contributed by atoms with Crippen LogP contribution in [0.3, 0.4) is 0 Å². The van der Waals surface area contributed by atoms with Crippen molar-refractivity contribution in [2.45, 2.75) is 20.4 Å². The van der Waals surface area contributed by atoms with Crippen molar-refractivity contribution in [2.75, 3.05) is 0 Å². The zero-order chi connectivity index (χ0) is 13.6. The molecule has 0 aliphatic carbocycles. The number of hydrogen-bond donors (Lipinski definition) is 1. The van der Waals surface area contributed by atoms with Gasteiger partial charge >= 0.3 is 0 Å². The highest BCUT2D eigenvalue weighted by Crippen LogP contribution is 2.31. The number of nitrogens with zero attached hydrogens (tertiary/aromatic N) is 2. The topological polar surface area (TPSA) is 43.8 Å². The molecule has 3 aromatic rings. The second-order valence-corrected chi connectivity index (χ2v) is 6.13. The van der Waals surface area contributed by atoms with Gasteiger partial charge in [0.1, 0.15) is 0 Å². The van der Waals surface area contributed by atoms with E-state index in [1.54, 1.807) is 11.3 Å². The summed E-state index contributed by atoms with van der Waals surface area (Å²) in [5.41, 5.74) is 10.3. The molecule has 0 bridgehead atoms. The highest BCUT2D eigenvalue weighted by molar-refractivity contribution is 7.15. The van der Waals surface area contributed by atoms with Gasteiger partial charge < -0.3 is 10.3 Å². The SMILES string of the molecule is Cc1cc(-c2nc3cc(CN)ccc3n2C)sc1C. The van der Waals surface area contributed by atoms with E-state index in [0.717, 1.165) is 22.4 Å². The van der Waals surface area contributed by atoms with E-state index in [0.29, 0.717) is 6.54 Å². The van der Waals surface area contributed by atoms with Crippen molar-refractivity contribution in [1.29, 1.82) is 0 Å². The number of fused-ring (bicyclic) bond motifs is 1. The normalized spacial score (nSPS) is 11.4. The Kier molecular flexibility index (Phi) is 2.92. The third kappa shape index (κ3) is 1.97. The van der Waals surface area contributed by atoms with E-state index in [-0.39, 0.29) is 0 Å². The van der Waals surface area contributed by atoms with Crippen LogP contribution in [0.1, 0.15) is 16.0 Å². The molecule has 4 heteroatoms. The third-order valence-corrected chi connectivity index (χ3v) is 4.72. The molecule has 2 aromatic heterocycles. The maximum Gasteiger partial charge on any atom is 0.150 e. The van der Waals surface area contributed by atoms with Gasteiger partial charge in [0.05, 0.1) is 15.9 Å². The van der Waals surface area contributed by atoms with Gasteiger partial charge in [-0.05, 0) is 43.2 Å². The van der Waals surface area contributed by atoms with Gasteiger partial charge in [0.2, 0.25) is 0 Å². The molecular weight excluding hydrogens is 254 g/mol. The van der Waals surface area contributed by atoms with Gasteiger partial charge in [-0.3, -0.25) is 0 Å². The van der Waals surface area contributed by atoms with Gasteiger partial charge in [0, 0.05) is 18.5 Å². The molecule has 1 aromatic carbocycles. The first-order chi connectivity index (χ1) is 9.10. The van der Waals surface area contributed by atoms with Crippen molar-refractivity contribution in [1.82, 2.24) is 9.55 Å². The van der Waals surface area contributed by atoms with Crippen LogP contribution in [0.5, 0.6) is 0 Å². The van der Waals surface area contributed by atoms with E-state index < -0.39 is 0 Å². The monoisotopic (exact) mass is 271 g/mol. The minimum absolute atomic E-state index is 0.555. The molecule has 0 amide bonds. The van der Waals surface area contributed by atoms with Crippen LogP contribution in [0.25, 0.3) is 21.7 Å². The maximum atomic E-state index is 5.69. The minimum Gasteiger partial charge on any atom is -0.326 e. The van der Waals surface area contributed by atoms with E-state index in [4.69, 9.17) is 10.7 Å². The maximum absolute atomic E-state index is 5.69. The molecule has 0 radical (unpaired) electrons. The average Bonchev–Trinajstić information content (AvgIpc) is 2.90. The summed E-state index contributed by atoms with van der Waals surface area (Å²) >= 11 is 1.80. The molecule has 0 saturated heterocycles. The van der Waals surface area contributed by atoms with E-state index >= 15 is 0 Å². The number of benzene rings is 1.